The second-order valence-electron chi connectivity index (χ2n) is 5.03. The van der Waals surface area contributed by atoms with Crippen LogP contribution in [0.4, 0.5) is 5.13 Å². The second kappa shape index (κ2) is 4.95. The number of benzene rings is 2. The largest absolute Gasteiger partial charge is 0.309 e. The molecule has 0 saturated carbocycles. The van der Waals surface area contributed by atoms with Crippen molar-refractivity contribution in [1.29, 1.82) is 0 Å². The van der Waals surface area contributed by atoms with E-state index in [-0.39, 0.29) is 5.91 Å². The summed E-state index contributed by atoms with van der Waals surface area (Å²) in [5.41, 5.74) is 4.06. The minimum absolute atomic E-state index is 0.108. The molecule has 0 bridgehead atoms. The molecule has 5 heteroatoms. The number of para-hydroxylation sites is 1. The van der Waals surface area contributed by atoms with Gasteiger partial charge in [-0.15, -0.1) is 0 Å². The van der Waals surface area contributed by atoms with Crippen LogP contribution in [0.5, 0.6) is 0 Å². The van der Waals surface area contributed by atoms with Crippen LogP contribution in [0, 0.1) is 0 Å². The van der Waals surface area contributed by atoms with E-state index in [9.17, 15) is 4.79 Å². The molecule has 1 aromatic heterocycles. The summed E-state index contributed by atoms with van der Waals surface area (Å²) in [5, 5.41) is 6.80. The van der Waals surface area contributed by atoms with Crippen molar-refractivity contribution in [1.82, 2.24) is 10.3 Å². The maximum Gasteiger partial charge on any atom is 0.257 e. The molecule has 104 valence electrons. The van der Waals surface area contributed by atoms with E-state index in [2.05, 4.69) is 15.6 Å². The van der Waals surface area contributed by atoms with Gasteiger partial charge in [0.15, 0.2) is 5.13 Å². The Balaban J connectivity index is 1.60. The van der Waals surface area contributed by atoms with Gasteiger partial charge in [0.1, 0.15) is 0 Å². The normalized spacial score (nSPS) is 13.3. The third-order valence-corrected chi connectivity index (χ3v) is 4.57. The highest BCUT2D eigenvalue weighted by Gasteiger charge is 2.14. The van der Waals surface area contributed by atoms with E-state index in [1.165, 1.54) is 22.5 Å². The Bertz CT molecular complexity index is 807. The topological polar surface area (TPSA) is 54.0 Å². The van der Waals surface area contributed by atoms with Crippen LogP contribution in [0.25, 0.3) is 10.2 Å². The van der Waals surface area contributed by atoms with Crippen molar-refractivity contribution >= 4 is 32.6 Å². The summed E-state index contributed by atoms with van der Waals surface area (Å²) in [5.74, 6) is -0.108. The molecular weight excluding hydrogens is 282 g/mol. The minimum Gasteiger partial charge on any atom is -0.309 e. The lowest BCUT2D eigenvalue weighted by Gasteiger charge is -2.04. The number of nitrogens with zero attached hydrogens (tertiary/aromatic N) is 1. The molecule has 2 heterocycles. The van der Waals surface area contributed by atoms with Crippen LogP contribution in [0.15, 0.2) is 42.5 Å². The summed E-state index contributed by atoms with van der Waals surface area (Å²) in [4.78, 5) is 16.8. The summed E-state index contributed by atoms with van der Waals surface area (Å²) in [6, 6.07) is 13.7. The van der Waals surface area contributed by atoms with Gasteiger partial charge in [0.2, 0.25) is 0 Å². The summed E-state index contributed by atoms with van der Waals surface area (Å²) in [7, 11) is 0. The zero-order valence-corrected chi connectivity index (χ0v) is 12.0. The SMILES string of the molecule is O=C(Nc1nc2ccccc2s1)c1ccc2c(c1)CNC2. The molecule has 2 aromatic carbocycles. The first kappa shape index (κ1) is 12.5. The Morgan fingerprint density at radius 3 is 2.90 bits per heavy atom. The Morgan fingerprint density at radius 1 is 1.14 bits per heavy atom. The van der Waals surface area contributed by atoms with Crippen molar-refractivity contribution in [2.75, 3.05) is 5.32 Å². The Morgan fingerprint density at radius 2 is 2.00 bits per heavy atom. The highest BCUT2D eigenvalue weighted by Crippen LogP contribution is 2.26. The fourth-order valence-corrected chi connectivity index (χ4v) is 3.39. The van der Waals surface area contributed by atoms with Crippen LogP contribution in [-0.2, 0) is 13.1 Å². The average Bonchev–Trinajstić information content (AvgIpc) is 3.11. The number of hydrogen-bond donors (Lipinski definition) is 2. The summed E-state index contributed by atoms with van der Waals surface area (Å²) in [6.45, 7) is 1.71. The number of rotatable bonds is 2. The van der Waals surface area contributed by atoms with E-state index in [0.29, 0.717) is 10.7 Å². The Kier molecular flexibility index (Phi) is 2.94. The first-order valence-electron chi connectivity index (χ1n) is 6.79. The van der Waals surface area contributed by atoms with Crippen LogP contribution < -0.4 is 10.6 Å². The van der Waals surface area contributed by atoms with E-state index >= 15 is 0 Å². The number of thiazole rings is 1. The molecule has 1 aliphatic rings. The number of amides is 1. The van der Waals surface area contributed by atoms with Crippen molar-refractivity contribution in [3.8, 4) is 0 Å². The molecule has 4 nitrogen and oxygen atoms in total. The van der Waals surface area contributed by atoms with Crippen LogP contribution >= 0.6 is 11.3 Å². The number of carbonyl (C=O) groups is 1. The number of carbonyl (C=O) groups excluding carboxylic acids is 1. The van der Waals surface area contributed by atoms with Gasteiger partial charge in [-0.25, -0.2) is 4.98 Å². The molecule has 21 heavy (non-hydrogen) atoms. The van der Waals surface area contributed by atoms with Gasteiger partial charge in [-0.3, -0.25) is 10.1 Å². The number of aromatic nitrogens is 1. The predicted molar refractivity (Wildman–Crippen MR) is 84.6 cm³/mol. The summed E-state index contributed by atoms with van der Waals surface area (Å²) < 4.78 is 1.07. The third kappa shape index (κ3) is 2.30. The molecule has 1 amide bonds. The second-order valence-corrected chi connectivity index (χ2v) is 6.06. The molecule has 4 rings (SSSR count). The molecule has 0 atom stereocenters. The Labute approximate surface area is 125 Å². The van der Waals surface area contributed by atoms with Crippen LogP contribution in [0.3, 0.4) is 0 Å². The quantitative estimate of drug-likeness (QED) is 0.763. The van der Waals surface area contributed by atoms with E-state index in [1.54, 1.807) is 0 Å². The highest BCUT2D eigenvalue weighted by molar-refractivity contribution is 7.22. The van der Waals surface area contributed by atoms with Gasteiger partial charge >= 0.3 is 0 Å². The molecule has 2 N–H and O–H groups in total. The van der Waals surface area contributed by atoms with Crippen LogP contribution in [0.1, 0.15) is 21.5 Å². The molecule has 3 aromatic rings. The first-order valence-corrected chi connectivity index (χ1v) is 7.61. The zero-order chi connectivity index (χ0) is 14.2. The highest BCUT2D eigenvalue weighted by atomic mass is 32.1. The lowest BCUT2D eigenvalue weighted by atomic mass is 10.1. The van der Waals surface area contributed by atoms with Crippen LogP contribution in [-0.4, -0.2) is 10.9 Å². The van der Waals surface area contributed by atoms with Gasteiger partial charge in [-0.05, 0) is 35.4 Å². The monoisotopic (exact) mass is 295 g/mol. The van der Waals surface area contributed by atoms with Gasteiger partial charge in [0, 0.05) is 18.7 Å². The summed E-state index contributed by atoms with van der Waals surface area (Å²) in [6.07, 6.45) is 0. The minimum atomic E-state index is -0.108. The maximum absolute atomic E-state index is 12.3. The van der Waals surface area contributed by atoms with Crippen molar-refractivity contribution in [2.24, 2.45) is 0 Å². The summed E-state index contributed by atoms with van der Waals surface area (Å²) >= 11 is 1.49. The van der Waals surface area contributed by atoms with E-state index < -0.39 is 0 Å². The van der Waals surface area contributed by atoms with E-state index in [1.807, 2.05) is 42.5 Å². The molecular formula is C16H13N3OS. The first-order chi connectivity index (χ1) is 10.3. The molecule has 1 aliphatic heterocycles. The van der Waals surface area contributed by atoms with Crippen molar-refractivity contribution in [2.45, 2.75) is 13.1 Å². The van der Waals surface area contributed by atoms with Crippen molar-refractivity contribution < 1.29 is 4.79 Å². The van der Waals surface area contributed by atoms with Gasteiger partial charge in [0.25, 0.3) is 5.91 Å². The lowest BCUT2D eigenvalue weighted by Crippen LogP contribution is -2.12. The smallest absolute Gasteiger partial charge is 0.257 e. The van der Waals surface area contributed by atoms with Gasteiger partial charge in [0.05, 0.1) is 10.2 Å². The molecule has 0 radical (unpaired) electrons. The van der Waals surface area contributed by atoms with Gasteiger partial charge < -0.3 is 5.32 Å². The van der Waals surface area contributed by atoms with E-state index in [4.69, 9.17) is 0 Å². The number of nitrogens with one attached hydrogen (secondary N) is 2. The number of fused-ring (bicyclic) bond motifs is 2. The third-order valence-electron chi connectivity index (χ3n) is 3.61. The average molecular weight is 295 g/mol. The number of hydrogen-bond acceptors (Lipinski definition) is 4. The molecule has 0 aliphatic carbocycles. The van der Waals surface area contributed by atoms with Crippen molar-refractivity contribution in [3.63, 3.8) is 0 Å². The van der Waals surface area contributed by atoms with Gasteiger partial charge in [-0.1, -0.05) is 29.5 Å². The zero-order valence-electron chi connectivity index (χ0n) is 11.2. The van der Waals surface area contributed by atoms with Gasteiger partial charge in [-0.2, -0.15) is 0 Å². The van der Waals surface area contributed by atoms with E-state index in [0.717, 1.165) is 23.3 Å². The molecule has 0 unspecified atom stereocenters. The lowest BCUT2D eigenvalue weighted by molar-refractivity contribution is 0.102. The fraction of sp³-hybridized carbons (Fsp3) is 0.125. The number of anilines is 1. The fourth-order valence-electron chi connectivity index (χ4n) is 2.53. The maximum atomic E-state index is 12.3. The Hall–Kier alpha value is -2.24. The predicted octanol–water partition coefficient (Wildman–Crippen LogP) is 3.15. The van der Waals surface area contributed by atoms with Crippen molar-refractivity contribution in [3.05, 3.63) is 59.2 Å². The molecule has 0 fully saturated rings. The molecule has 0 saturated heterocycles. The van der Waals surface area contributed by atoms with Crippen LogP contribution in [0.2, 0.25) is 0 Å². The standard InChI is InChI=1S/C16H13N3OS/c20-15(10-5-6-11-8-17-9-12(11)7-10)19-16-18-13-3-1-2-4-14(13)21-16/h1-7,17H,8-9H2,(H,18,19,20). The molecule has 0 spiro atoms.